The summed E-state index contributed by atoms with van der Waals surface area (Å²) >= 11 is 0. The van der Waals surface area contributed by atoms with Crippen molar-refractivity contribution in [3.8, 4) is 141 Å². The zero-order valence-corrected chi connectivity index (χ0v) is 75.8. The number of rotatable bonds is 18. The van der Waals surface area contributed by atoms with E-state index in [1.165, 1.54) is 56.2 Å². The zero-order valence-electron chi connectivity index (χ0n) is 75.8. The molecule has 0 bridgehead atoms. The van der Waals surface area contributed by atoms with Gasteiger partial charge < -0.3 is 16.4 Å². The molecule has 0 saturated heterocycles. The van der Waals surface area contributed by atoms with Crippen LogP contribution in [0.25, 0.3) is 160 Å². The van der Waals surface area contributed by atoms with E-state index in [1.54, 1.807) is 296 Å². The van der Waals surface area contributed by atoms with Crippen molar-refractivity contribution in [3.05, 3.63) is 511 Å². The van der Waals surface area contributed by atoms with Crippen molar-refractivity contribution >= 4 is 39.8 Å². The summed E-state index contributed by atoms with van der Waals surface area (Å²) in [6.45, 7) is 29.1. The average Bonchev–Trinajstić information content (AvgIpc) is 0.796. The van der Waals surface area contributed by atoms with Gasteiger partial charge in [-0.3, -0.25) is 46.8 Å². The second kappa shape index (κ2) is 44.7. The maximum absolute atomic E-state index is 14.4. The number of nitrogen functional groups attached to an aromatic ring is 1. The summed E-state index contributed by atoms with van der Waals surface area (Å²) < 4.78 is 62.1. The molecule has 0 spiro atoms. The molecule has 0 aliphatic rings. The lowest BCUT2D eigenvalue weighted by molar-refractivity contribution is 0.485. The molecule has 0 aliphatic heterocycles. The van der Waals surface area contributed by atoms with Crippen LogP contribution in [0.1, 0.15) is 5.56 Å². The molecule has 10 aromatic heterocycles. The molecule has 143 heavy (non-hydrogen) atoms. The molecule has 0 atom stereocenters. The number of benzene rings is 10. The fourth-order valence-corrected chi connectivity index (χ4v) is 15.3. The van der Waals surface area contributed by atoms with Gasteiger partial charge in [-0.05, 0) is 179 Å². The van der Waals surface area contributed by atoms with E-state index in [-0.39, 0.29) is 39.1 Å². The van der Waals surface area contributed by atoms with Crippen molar-refractivity contribution in [3.63, 3.8) is 0 Å². The highest BCUT2D eigenvalue weighted by Gasteiger charge is 2.24. The summed E-state index contributed by atoms with van der Waals surface area (Å²) in [5, 5.41) is 6.18. The number of para-hydroxylation sites is 4. The molecule has 27 nitrogen and oxygen atoms in total. The van der Waals surface area contributed by atoms with Gasteiger partial charge in [0.2, 0.25) is 0 Å². The molecule has 0 radical (unpaired) electrons. The molecule has 0 saturated carbocycles. The Balaban J connectivity index is 0.000000128. The molecule has 20 aromatic rings. The molecule has 4 N–H and O–H groups in total. The van der Waals surface area contributed by atoms with E-state index in [4.69, 9.17) is 32.0 Å². The molecule has 31 heteroatoms. The third-order valence-corrected chi connectivity index (χ3v) is 22.1. The second-order valence-corrected chi connectivity index (χ2v) is 31.0. The molecule has 0 fully saturated rings. The quantitative estimate of drug-likeness (QED) is 0.0408. The lowest BCUT2D eigenvalue weighted by Gasteiger charge is -2.13. The van der Waals surface area contributed by atoms with E-state index in [0.29, 0.717) is 158 Å². The van der Waals surface area contributed by atoms with Gasteiger partial charge in [-0.15, -0.1) is 0 Å². The molecule has 692 valence electrons. The maximum Gasteiger partial charge on any atom is 0.263 e. The minimum absolute atomic E-state index is 0.0705. The predicted molar refractivity (Wildman–Crippen MR) is 546 cm³/mol. The van der Waals surface area contributed by atoms with E-state index >= 15 is 0 Å². The highest BCUT2D eigenvalue weighted by atomic mass is 19.1. The van der Waals surface area contributed by atoms with Crippen molar-refractivity contribution in [2.24, 2.45) is 0 Å². The van der Waals surface area contributed by atoms with Crippen molar-refractivity contribution < 1.29 is 17.6 Å². The molecule has 10 aromatic carbocycles. The number of hydrogen-bond donors (Lipinski definition) is 3. The summed E-state index contributed by atoms with van der Waals surface area (Å²) in [6.07, 6.45) is 24.4. The van der Waals surface area contributed by atoms with E-state index < -0.39 is 29.7 Å². The summed E-state index contributed by atoms with van der Waals surface area (Å²) in [5.74, 6) is 0.731. The van der Waals surface area contributed by atoms with Crippen LogP contribution in [0.5, 0.6) is 0 Å². The first-order valence-electron chi connectivity index (χ1n) is 43.7. The first kappa shape index (κ1) is 95.6. The van der Waals surface area contributed by atoms with E-state index in [1.807, 2.05) is 74.8 Å². The summed E-state index contributed by atoms with van der Waals surface area (Å²) in [4.78, 5) is 123. The van der Waals surface area contributed by atoms with Gasteiger partial charge in [-0.2, -0.15) is 0 Å². The van der Waals surface area contributed by atoms with Crippen molar-refractivity contribution in [1.82, 2.24) is 72.7 Å². The van der Waals surface area contributed by atoms with Gasteiger partial charge in [0.25, 0.3) is 27.8 Å². The first-order chi connectivity index (χ1) is 69.8. The third kappa shape index (κ3) is 21.9. The van der Waals surface area contributed by atoms with Crippen LogP contribution in [0.2, 0.25) is 0 Å². The Morgan fingerprint density at radius 3 is 0.825 bits per heavy atom. The monoisotopic (exact) mass is 1880 g/mol. The zero-order chi connectivity index (χ0) is 99.8. The minimum atomic E-state index is -0.649. The maximum atomic E-state index is 14.4. The lowest BCUT2D eigenvalue weighted by atomic mass is 10.0. The molecule has 0 amide bonds. The summed E-state index contributed by atoms with van der Waals surface area (Å²) in [7, 11) is 3.65. The van der Waals surface area contributed by atoms with Gasteiger partial charge in [-0.1, -0.05) is 146 Å². The van der Waals surface area contributed by atoms with Crippen LogP contribution in [-0.4, -0.2) is 86.8 Å². The number of nitrogens with two attached hydrogens (primary N) is 1. The van der Waals surface area contributed by atoms with Crippen LogP contribution < -0.4 is 44.2 Å². The van der Waals surface area contributed by atoms with Gasteiger partial charge in [0.1, 0.15) is 24.1 Å². The van der Waals surface area contributed by atoms with Crippen LogP contribution in [0.15, 0.2) is 414 Å². The number of anilines is 3. The number of alkyl halides is 1. The predicted octanol–water partition coefficient (Wildman–Crippen LogP) is 22.6. The molecule has 20 rings (SSSR count). The van der Waals surface area contributed by atoms with Crippen molar-refractivity contribution in [2.45, 2.75) is 6.67 Å². The molecular formula is C112H76F4N22O5. The molecular weight excluding hydrogens is 1800 g/mol. The Morgan fingerprint density at radius 1 is 0.273 bits per heavy atom. The Bertz CT molecular complexity index is 8430. The number of halogens is 4. The fraction of sp³-hybridized carbons (Fsp3) is 0.0268. The van der Waals surface area contributed by atoms with E-state index in [9.17, 15) is 41.5 Å². The van der Waals surface area contributed by atoms with Crippen molar-refractivity contribution in [1.29, 1.82) is 0 Å². The van der Waals surface area contributed by atoms with Crippen molar-refractivity contribution in [2.75, 3.05) is 30.5 Å². The van der Waals surface area contributed by atoms with Gasteiger partial charge in [0.15, 0.2) is 51.9 Å². The number of aromatic nitrogens is 15. The lowest BCUT2D eigenvalue weighted by Crippen LogP contribution is -2.20. The summed E-state index contributed by atoms with van der Waals surface area (Å²) in [6, 6.07) is 82.5. The number of hydrogen-bond acceptors (Lipinski definition) is 18. The SMILES string of the molecule is CNc1cccc(-n2cc(-c3ncccn3)cc(-c3ccccc3[N+]#[11C-])c2=O)c1.O=c1c(-c2ccccc2F)cc(-c2ncccn2)cn1-c1cccc(C[18F])c1.[11C-]#[N+]c1ccccc1-c1cc(-c2ncccn2)cn(-c2ccc(F)c(N)c2)c1=O.[11C-]#[N+]c1ccccc1-c1cc(-c2ncccn2)cn(-c2cccc(F)c2)c1=O.[C-]#[N+]c1ccccc1-c1cc(-c2ncccn2)cn(-c2cccc(N[11CH3])c2)c1=O. The fourth-order valence-electron chi connectivity index (χ4n) is 15.3. The number of nitrogens with zero attached hydrogens (tertiary/aromatic N) is 19. The summed E-state index contributed by atoms with van der Waals surface area (Å²) in [5.41, 5.74) is 17.6. The molecule has 0 unspecified atom stereocenters. The Hall–Kier alpha value is -20.6. The van der Waals surface area contributed by atoms with Crippen LogP contribution in [-0.2, 0) is 6.67 Å². The Labute approximate surface area is 814 Å². The van der Waals surface area contributed by atoms with Gasteiger partial charge in [-0.25, -0.2) is 86.8 Å². The smallest absolute Gasteiger partial charge is 0.263 e. The van der Waals surface area contributed by atoms with E-state index in [0.717, 1.165) is 11.4 Å². The van der Waals surface area contributed by atoms with E-state index in [2.05, 4.69) is 79.9 Å². The normalized spacial score (nSPS) is 10.5. The van der Waals surface area contributed by atoms with Gasteiger partial charge in [0.05, 0.1) is 60.3 Å². The number of pyridine rings is 5. The number of nitrogens with one attached hydrogen (secondary N) is 2. The van der Waals surface area contributed by atoms with Gasteiger partial charge >= 0.3 is 0 Å². The van der Waals surface area contributed by atoms with Crippen LogP contribution in [0, 0.1) is 43.7 Å². The molecule has 10 heterocycles. The highest BCUT2D eigenvalue weighted by molar-refractivity contribution is 5.85. The van der Waals surface area contributed by atoms with Crippen LogP contribution in [0.3, 0.4) is 0 Å². The third-order valence-electron chi connectivity index (χ3n) is 22.1. The largest absolute Gasteiger partial charge is 0.396 e. The second-order valence-electron chi connectivity index (χ2n) is 31.0. The first-order valence-corrected chi connectivity index (χ1v) is 43.7. The Kier molecular flexibility index (Phi) is 29.9. The van der Waals surface area contributed by atoms with Crippen LogP contribution >= 0.6 is 0 Å². The topological polar surface area (TPSA) is 306 Å². The van der Waals surface area contributed by atoms with Crippen LogP contribution in [0.4, 0.5) is 57.4 Å². The Morgan fingerprint density at radius 2 is 0.538 bits per heavy atom. The standard InChI is InChI=1S/2C23H17N5O.C22H15F2N3O.C22H14FN5O.C22H13FN4O/c2*1-24-17-7-5-8-18(14-17)28-15-16(22-26-11-6-12-27-22)13-20(23(28)29)19-9-3-4-10-21(19)25-2;23-13-15-5-3-6-17(11-15)27-14-16(21-25-9-4-10-26-21)12-19(22(27)28)18-7-1-2-8-20(18)24;1-25-20-6-3-2-5-16(20)17-11-14(21-26-9-4-10-27-21)13-28(22(17)29)15-7-8-18(23)19(24)12-15;1-24-20-9-3-2-8-18(20)19-12-15(21-25-10-5-11-26-21)14-27(22(19)28)17-7-4-6-16(23)13-17/h2*3-15,24H,1H3;1-12,14H,13H2;2-13H,24H2;2-14H/i2-1;1-1;23-1;2*1-1. The molecule has 0 aliphatic carbocycles. The average molecular weight is 1880 g/mol. The highest BCUT2D eigenvalue weighted by Crippen LogP contribution is 2.37. The minimum Gasteiger partial charge on any atom is -0.396 e. The van der Waals surface area contributed by atoms with Gasteiger partial charge in [0, 0.05) is 180 Å².